The molecule has 0 aliphatic carbocycles. The summed E-state index contributed by atoms with van der Waals surface area (Å²) in [7, 11) is 2.07. The maximum Gasteiger partial charge on any atom is 0.0547 e. The minimum atomic E-state index is 0.347. The number of piperidine rings is 1. The van der Waals surface area contributed by atoms with Crippen LogP contribution in [0.1, 0.15) is 32.6 Å². The molecule has 20 heavy (non-hydrogen) atoms. The van der Waals surface area contributed by atoms with Gasteiger partial charge in [0, 0.05) is 50.3 Å². The fourth-order valence-corrected chi connectivity index (χ4v) is 4.41. The third kappa shape index (κ3) is 3.03. The van der Waals surface area contributed by atoms with Gasteiger partial charge in [0.05, 0.1) is 6.61 Å². The van der Waals surface area contributed by atoms with Crippen molar-refractivity contribution >= 4 is 0 Å². The van der Waals surface area contributed by atoms with Gasteiger partial charge in [0.15, 0.2) is 0 Å². The summed E-state index contributed by atoms with van der Waals surface area (Å²) in [5.74, 6) is 0. The van der Waals surface area contributed by atoms with Crippen LogP contribution in [-0.2, 0) is 4.74 Å². The van der Waals surface area contributed by atoms with E-state index >= 15 is 0 Å². The Morgan fingerprint density at radius 1 is 1.30 bits per heavy atom. The van der Waals surface area contributed by atoms with Crippen molar-refractivity contribution in [2.24, 2.45) is 5.41 Å². The number of hydrogen-bond donors (Lipinski definition) is 1. The van der Waals surface area contributed by atoms with Crippen LogP contribution in [0.15, 0.2) is 0 Å². The van der Waals surface area contributed by atoms with Gasteiger partial charge in [-0.3, -0.25) is 9.80 Å². The molecule has 3 saturated heterocycles. The van der Waals surface area contributed by atoms with Gasteiger partial charge in [0.25, 0.3) is 0 Å². The van der Waals surface area contributed by atoms with Crippen LogP contribution in [0.3, 0.4) is 0 Å². The van der Waals surface area contributed by atoms with Gasteiger partial charge in [-0.1, -0.05) is 6.42 Å². The highest BCUT2D eigenvalue weighted by Crippen LogP contribution is 2.32. The van der Waals surface area contributed by atoms with E-state index in [0.717, 1.165) is 25.8 Å². The first kappa shape index (κ1) is 14.8. The first-order chi connectivity index (χ1) is 9.72. The predicted octanol–water partition coefficient (Wildman–Crippen LogP) is 1.17. The fourth-order valence-electron chi connectivity index (χ4n) is 4.41. The average molecular weight is 281 g/mol. The molecule has 4 heteroatoms. The highest BCUT2D eigenvalue weighted by atomic mass is 16.5. The Hall–Kier alpha value is -0.160. The van der Waals surface area contributed by atoms with E-state index in [1.165, 1.54) is 51.9 Å². The second-order valence-electron chi connectivity index (χ2n) is 7.26. The van der Waals surface area contributed by atoms with E-state index in [9.17, 15) is 0 Å². The Morgan fingerprint density at radius 3 is 2.95 bits per heavy atom. The normalized spacial score (nSPS) is 39.9. The largest absolute Gasteiger partial charge is 0.381 e. The Morgan fingerprint density at radius 2 is 2.20 bits per heavy atom. The first-order valence-electron chi connectivity index (χ1n) is 8.43. The van der Waals surface area contributed by atoms with Gasteiger partial charge in [0.1, 0.15) is 0 Å². The lowest BCUT2D eigenvalue weighted by Gasteiger charge is -2.49. The molecule has 116 valence electrons. The zero-order valence-electron chi connectivity index (χ0n) is 13.2. The fraction of sp³-hybridized carbons (Fsp3) is 1.00. The maximum absolute atomic E-state index is 5.72. The minimum absolute atomic E-state index is 0.347. The molecular formula is C16H31N3O. The first-order valence-corrected chi connectivity index (χ1v) is 8.43. The maximum atomic E-state index is 5.72. The van der Waals surface area contributed by atoms with Gasteiger partial charge < -0.3 is 10.1 Å². The van der Waals surface area contributed by atoms with Crippen LogP contribution >= 0.6 is 0 Å². The van der Waals surface area contributed by atoms with Crippen LogP contribution in [0.25, 0.3) is 0 Å². The summed E-state index contributed by atoms with van der Waals surface area (Å²) in [6.07, 6.45) is 5.44. The molecule has 0 aromatic carbocycles. The molecule has 0 radical (unpaired) electrons. The number of hydrogen-bond acceptors (Lipinski definition) is 4. The summed E-state index contributed by atoms with van der Waals surface area (Å²) in [5.41, 5.74) is 0.347. The van der Waals surface area contributed by atoms with Crippen molar-refractivity contribution in [3.8, 4) is 0 Å². The van der Waals surface area contributed by atoms with Crippen LogP contribution in [-0.4, -0.2) is 74.9 Å². The predicted molar refractivity (Wildman–Crippen MR) is 82.0 cm³/mol. The standard InChI is InChI=1S/C16H31N3O/c1-14-9-18-7-4-3-5-15(18)10-19(14)12-16(11-17-2)6-8-20-13-16/h14-15,17H,3-13H2,1-2H3. The van der Waals surface area contributed by atoms with Crippen LogP contribution in [0.5, 0.6) is 0 Å². The molecule has 3 atom stereocenters. The van der Waals surface area contributed by atoms with E-state index in [-0.39, 0.29) is 0 Å². The molecule has 3 fully saturated rings. The molecule has 0 aromatic rings. The monoisotopic (exact) mass is 281 g/mol. The van der Waals surface area contributed by atoms with Crippen LogP contribution in [0, 0.1) is 5.41 Å². The van der Waals surface area contributed by atoms with Crippen molar-refractivity contribution in [1.29, 1.82) is 0 Å². The SMILES string of the molecule is CNCC1(CN2CC3CCCCN3CC2C)CCOC1. The van der Waals surface area contributed by atoms with E-state index in [0.29, 0.717) is 11.5 Å². The smallest absolute Gasteiger partial charge is 0.0547 e. The summed E-state index contributed by atoms with van der Waals surface area (Å²) >= 11 is 0. The lowest BCUT2D eigenvalue weighted by molar-refractivity contribution is -0.00885. The van der Waals surface area contributed by atoms with Crippen molar-refractivity contribution in [3.05, 3.63) is 0 Å². The van der Waals surface area contributed by atoms with E-state index in [1.807, 2.05) is 0 Å². The van der Waals surface area contributed by atoms with Gasteiger partial charge in [0.2, 0.25) is 0 Å². The molecule has 0 bridgehead atoms. The lowest BCUT2D eigenvalue weighted by Crippen LogP contribution is -2.61. The molecule has 3 unspecified atom stereocenters. The molecule has 3 rings (SSSR count). The summed E-state index contributed by atoms with van der Waals surface area (Å²) in [6.45, 7) is 10.4. The number of piperazine rings is 1. The summed E-state index contributed by atoms with van der Waals surface area (Å²) < 4.78 is 5.72. The highest BCUT2D eigenvalue weighted by molar-refractivity contribution is 4.94. The van der Waals surface area contributed by atoms with Gasteiger partial charge in [-0.05, 0) is 39.8 Å². The summed E-state index contributed by atoms with van der Waals surface area (Å²) in [5, 5.41) is 3.39. The molecule has 3 aliphatic heterocycles. The third-order valence-corrected chi connectivity index (χ3v) is 5.59. The Kier molecular flexibility index (Phi) is 4.65. The molecule has 0 saturated carbocycles. The molecule has 1 N–H and O–H groups in total. The molecule has 0 aromatic heterocycles. The molecule has 0 spiro atoms. The van der Waals surface area contributed by atoms with Crippen LogP contribution < -0.4 is 5.32 Å². The molecule has 3 aliphatic rings. The van der Waals surface area contributed by atoms with Crippen molar-refractivity contribution in [3.63, 3.8) is 0 Å². The Labute approximate surface area is 123 Å². The van der Waals surface area contributed by atoms with Crippen molar-refractivity contribution in [2.45, 2.75) is 44.7 Å². The minimum Gasteiger partial charge on any atom is -0.381 e. The topological polar surface area (TPSA) is 27.7 Å². The number of ether oxygens (including phenoxy) is 1. The van der Waals surface area contributed by atoms with E-state index in [4.69, 9.17) is 4.74 Å². The van der Waals surface area contributed by atoms with Gasteiger partial charge in [-0.15, -0.1) is 0 Å². The van der Waals surface area contributed by atoms with Crippen LogP contribution in [0.4, 0.5) is 0 Å². The number of fused-ring (bicyclic) bond motifs is 1. The van der Waals surface area contributed by atoms with Crippen molar-refractivity contribution in [1.82, 2.24) is 15.1 Å². The Bertz CT molecular complexity index is 317. The van der Waals surface area contributed by atoms with Gasteiger partial charge in [-0.2, -0.15) is 0 Å². The molecular weight excluding hydrogens is 250 g/mol. The van der Waals surface area contributed by atoms with E-state index in [2.05, 4.69) is 29.1 Å². The van der Waals surface area contributed by atoms with E-state index in [1.54, 1.807) is 0 Å². The van der Waals surface area contributed by atoms with E-state index < -0.39 is 0 Å². The van der Waals surface area contributed by atoms with Gasteiger partial charge in [-0.25, -0.2) is 0 Å². The second-order valence-corrected chi connectivity index (χ2v) is 7.26. The lowest BCUT2D eigenvalue weighted by atomic mass is 9.85. The van der Waals surface area contributed by atoms with Crippen LogP contribution in [0.2, 0.25) is 0 Å². The third-order valence-electron chi connectivity index (χ3n) is 5.59. The van der Waals surface area contributed by atoms with Crippen molar-refractivity contribution < 1.29 is 4.74 Å². The molecule has 4 nitrogen and oxygen atoms in total. The number of nitrogens with zero attached hydrogens (tertiary/aromatic N) is 2. The average Bonchev–Trinajstić information content (AvgIpc) is 2.88. The quantitative estimate of drug-likeness (QED) is 0.837. The number of nitrogens with one attached hydrogen (secondary N) is 1. The number of rotatable bonds is 4. The highest BCUT2D eigenvalue weighted by Gasteiger charge is 2.40. The zero-order valence-corrected chi connectivity index (χ0v) is 13.2. The zero-order chi connectivity index (χ0) is 14.0. The second kappa shape index (κ2) is 6.30. The Balaban J connectivity index is 1.63. The molecule has 0 amide bonds. The van der Waals surface area contributed by atoms with Crippen molar-refractivity contribution in [2.75, 3.05) is 53.0 Å². The van der Waals surface area contributed by atoms with Gasteiger partial charge >= 0.3 is 0 Å². The summed E-state index contributed by atoms with van der Waals surface area (Å²) in [4.78, 5) is 5.49. The summed E-state index contributed by atoms with van der Waals surface area (Å²) in [6, 6.07) is 1.51. The molecule has 3 heterocycles.